The van der Waals surface area contributed by atoms with E-state index in [0.29, 0.717) is 4.90 Å². The molecule has 3 rings (SSSR count). The zero-order valence-electron chi connectivity index (χ0n) is 28.7. The molecule has 1 aromatic carbocycles. The van der Waals surface area contributed by atoms with Gasteiger partial charge >= 0.3 is 41.8 Å². The van der Waals surface area contributed by atoms with Crippen LogP contribution in [-0.2, 0) is 80.9 Å². The topological polar surface area (TPSA) is 212 Å². The van der Waals surface area contributed by atoms with Gasteiger partial charge in [0.2, 0.25) is 0 Å². The minimum absolute atomic E-state index is 0.449. The number of esters is 7. The van der Waals surface area contributed by atoms with Crippen LogP contribution in [0.4, 0.5) is 4.39 Å². The Balaban J connectivity index is 2.16. The molecule has 2 aliphatic rings. The predicted molar refractivity (Wildman–Crippen MR) is 165 cm³/mol. The van der Waals surface area contributed by atoms with Crippen LogP contribution in [0.15, 0.2) is 29.2 Å². The van der Waals surface area contributed by atoms with E-state index in [-0.39, 0.29) is 0 Å². The number of benzene rings is 1. The minimum atomic E-state index is -1.80. The molecule has 0 amide bonds. The summed E-state index contributed by atoms with van der Waals surface area (Å²) in [6.45, 7) is 6.37. The van der Waals surface area contributed by atoms with Crippen LogP contribution in [0.5, 0.6) is 0 Å². The normalized spacial score (nSPS) is 28.7. The molecular weight excluding hydrogens is 707 g/mol. The fourth-order valence-corrected chi connectivity index (χ4v) is 6.32. The van der Waals surface area contributed by atoms with Crippen LogP contribution in [0.25, 0.3) is 0 Å². The average molecular weight is 747 g/mol. The summed E-state index contributed by atoms with van der Waals surface area (Å²) < 4.78 is 70.2. The van der Waals surface area contributed by atoms with Crippen LogP contribution >= 0.6 is 11.8 Å². The second-order valence-electron chi connectivity index (χ2n) is 11.2. The molecule has 2 saturated heterocycles. The largest absolute Gasteiger partial charge is 0.463 e. The second-order valence-corrected chi connectivity index (χ2v) is 12.4. The Kier molecular flexibility index (Phi) is 15.1. The van der Waals surface area contributed by atoms with Gasteiger partial charge in [0.15, 0.2) is 36.8 Å². The molecule has 0 bridgehead atoms. The maximum Gasteiger partial charge on any atom is 0.303 e. The van der Waals surface area contributed by atoms with Gasteiger partial charge in [-0.05, 0) is 24.3 Å². The summed E-state index contributed by atoms with van der Waals surface area (Å²) in [6.07, 6.45) is -13.9. The van der Waals surface area contributed by atoms with E-state index >= 15 is 0 Å². The highest BCUT2D eigenvalue weighted by atomic mass is 32.2. The lowest BCUT2D eigenvalue weighted by Crippen LogP contribution is -2.66. The molecule has 2 heterocycles. The second kappa shape index (κ2) is 18.8. The SMILES string of the molecule is CC(=O)OC[C@H]1O[C@@H](Sc2ccc(F)cc2)[C@H](OC(C)=O)[C@@H](OC(C)=O)[C@@H]1O[C@H]1O[C@H](COC(C)=O)[C@@H](OC(C)=O)[C@H](OC(C)=O)[C@H]1OC(C)=O. The highest BCUT2D eigenvalue weighted by Crippen LogP contribution is 2.39. The summed E-state index contributed by atoms with van der Waals surface area (Å²) in [4.78, 5) is 85.9. The van der Waals surface area contributed by atoms with Crippen LogP contribution in [0.3, 0.4) is 0 Å². The molecule has 2 aliphatic heterocycles. The molecule has 0 aliphatic carbocycles. The van der Waals surface area contributed by atoms with Crippen molar-refractivity contribution in [2.24, 2.45) is 0 Å². The quantitative estimate of drug-likeness (QED) is 0.207. The molecule has 0 N–H and O–H groups in total. The molecule has 0 radical (unpaired) electrons. The van der Waals surface area contributed by atoms with E-state index in [1.54, 1.807) is 0 Å². The van der Waals surface area contributed by atoms with Crippen molar-refractivity contribution in [2.45, 2.75) is 114 Å². The zero-order chi connectivity index (χ0) is 38.0. The Bertz CT molecular complexity index is 1440. The van der Waals surface area contributed by atoms with Crippen molar-refractivity contribution in [1.82, 2.24) is 0 Å². The lowest BCUT2D eigenvalue weighted by molar-refractivity contribution is -0.341. The molecule has 282 valence electrons. The maximum atomic E-state index is 13.7. The van der Waals surface area contributed by atoms with Crippen LogP contribution in [-0.4, -0.2) is 116 Å². The smallest absolute Gasteiger partial charge is 0.303 e. The Hall–Kier alpha value is -4.33. The maximum absolute atomic E-state index is 13.7. The van der Waals surface area contributed by atoms with E-state index in [2.05, 4.69) is 0 Å². The first-order valence-corrected chi connectivity index (χ1v) is 16.3. The predicted octanol–water partition coefficient (Wildman–Crippen LogP) is 1.54. The number of hydrogen-bond acceptors (Lipinski definition) is 18. The van der Waals surface area contributed by atoms with Gasteiger partial charge < -0.3 is 47.4 Å². The fourth-order valence-electron chi connectivity index (χ4n) is 5.21. The number of thioether (sulfide) groups is 1. The summed E-state index contributed by atoms with van der Waals surface area (Å²) >= 11 is 0.964. The van der Waals surface area contributed by atoms with Gasteiger partial charge in [-0.3, -0.25) is 33.6 Å². The molecule has 0 aromatic heterocycles. The Labute approximate surface area is 295 Å². The van der Waals surface area contributed by atoms with Crippen molar-refractivity contribution in [3.63, 3.8) is 0 Å². The molecule has 0 unspecified atom stereocenters. The van der Waals surface area contributed by atoms with Crippen LogP contribution in [0.2, 0.25) is 0 Å². The van der Waals surface area contributed by atoms with E-state index < -0.39 is 121 Å². The zero-order valence-corrected chi connectivity index (χ0v) is 29.5. The highest BCUT2D eigenvalue weighted by molar-refractivity contribution is 7.99. The minimum Gasteiger partial charge on any atom is -0.463 e. The molecule has 2 fully saturated rings. The number of halogens is 1. The third-order valence-corrected chi connectivity index (χ3v) is 8.11. The van der Waals surface area contributed by atoms with Gasteiger partial charge in [0, 0.05) is 53.4 Å². The van der Waals surface area contributed by atoms with Gasteiger partial charge in [0.05, 0.1) is 0 Å². The van der Waals surface area contributed by atoms with Crippen molar-refractivity contribution in [1.29, 1.82) is 0 Å². The molecule has 17 nitrogen and oxygen atoms in total. The van der Waals surface area contributed by atoms with E-state index in [1.165, 1.54) is 24.3 Å². The van der Waals surface area contributed by atoms with E-state index in [1.807, 2.05) is 0 Å². The third kappa shape index (κ3) is 12.4. The van der Waals surface area contributed by atoms with Gasteiger partial charge in [-0.1, -0.05) is 11.8 Å². The van der Waals surface area contributed by atoms with E-state index in [9.17, 15) is 38.0 Å². The molecule has 51 heavy (non-hydrogen) atoms. The van der Waals surface area contributed by atoms with Gasteiger partial charge in [0.1, 0.15) is 42.8 Å². The van der Waals surface area contributed by atoms with Crippen LogP contribution in [0.1, 0.15) is 48.5 Å². The van der Waals surface area contributed by atoms with Crippen LogP contribution < -0.4 is 0 Å². The molecule has 10 atom stereocenters. The lowest BCUT2D eigenvalue weighted by Gasteiger charge is -2.48. The summed E-state index contributed by atoms with van der Waals surface area (Å²) in [5.41, 5.74) is -1.18. The lowest BCUT2D eigenvalue weighted by atomic mass is 9.96. The van der Waals surface area contributed by atoms with Crippen molar-refractivity contribution < 1.29 is 85.3 Å². The molecule has 0 spiro atoms. The van der Waals surface area contributed by atoms with Crippen molar-refractivity contribution in [3.8, 4) is 0 Å². The first-order valence-electron chi connectivity index (χ1n) is 15.5. The monoisotopic (exact) mass is 746 g/mol. The molecule has 19 heteroatoms. The Morgan fingerprint density at radius 3 is 1.43 bits per heavy atom. The van der Waals surface area contributed by atoms with Gasteiger partial charge in [-0.2, -0.15) is 0 Å². The number of hydrogen-bond donors (Lipinski definition) is 0. The van der Waals surface area contributed by atoms with Crippen molar-refractivity contribution in [3.05, 3.63) is 30.1 Å². The van der Waals surface area contributed by atoms with Crippen molar-refractivity contribution >= 4 is 53.5 Å². The summed E-state index contributed by atoms with van der Waals surface area (Å²) in [5.74, 6) is -6.39. The number of carbonyl (C=O) groups excluding carboxylic acids is 7. The van der Waals surface area contributed by atoms with Gasteiger partial charge in [0.25, 0.3) is 0 Å². The first kappa shape index (κ1) is 41.1. The number of carbonyl (C=O) groups is 7. The van der Waals surface area contributed by atoms with Gasteiger partial charge in [-0.25, -0.2) is 4.39 Å². The standard InChI is InChI=1S/C32H39FO17S/c1-14(34)41-12-23-25(43-16(3)36)27(44-17(4)37)29(46-19(6)39)31(48-23)50-26-24(13-42-15(2)35)49-32(51-22-10-8-21(33)9-11-22)30(47-20(7)40)28(26)45-18(5)38/h8-11,23-32H,12-13H2,1-7H3/t23-,24-,25-,26-,27+,28+,29-,30-,31-,32+/m1/s1. The Morgan fingerprint density at radius 2 is 0.961 bits per heavy atom. The van der Waals surface area contributed by atoms with E-state index in [4.69, 9.17) is 47.4 Å². The van der Waals surface area contributed by atoms with Gasteiger partial charge in [-0.15, -0.1) is 0 Å². The molecular formula is C32H39FO17S. The Morgan fingerprint density at radius 1 is 0.549 bits per heavy atom. The average Bonchev–Trinajstić information content (AvgIpc) is 3.00. The van der Waals surface area contributed by atoms with E-state index in [0.717, 1.165) is 60.2 Å². The third-order valence-electron chi connectivity index (χ3n) is 6.95. The number of ether oxygens (including phenoxy) is 10. The molecule has 1 aromatic rings. The highest BCUT2D eigenvalue weighted by Gasteiger charge is 2.57. The van der Waals surface area contributed by atoms with Crippen LogP contribution in [0, 0.1) is 5.82 Å². The number of rotatable bonds is 13. The summed E-state index contributed by atoms with van der Waals surface area (Å²) in [5, 5.41) is 0. The fraction of sp³-hybridized carbons (Fsp3) is 0.594. The summed E-state index contributed by atoms with van der Waals surface area (Å²) in [6, 6.07) is 5.22. The molecule has 0 saturated carbocycles. The first-order chi connectivity index (χ1) is 23.9. The summed E-state index contributed by atoms with van der Waals surface area (Å²) in [7, 11) is 0. The van der Waals surface area contributed by atoms with Crippen molar-refractivity contribution in [2.75, 3.05) is 13.2 Å².